The minimum Gasteiger partial charge on any atom is -0.496 e. The Labute approximate surface area is 171 Å². The molecule has 0 aliphatic carbocycles. The fourth-order valence-electron chi connectivity index (χ4n) is 3.34. The number of methoxy groups -OCH3 is 1. The lowest BCUT2D eigenvalue weighted by Crippen LogP contribution is -2.53. The van der Waals surface area contributed by atoms with Crippen LogP contribution in [0.25, 0.3) is 11.3 Å². The number of hydrogen-bond acceptors (Lipinski definition) is 6. The van der Waals surface area contributed by atoms with Gasteiger partial charge in [0.05, 0.1) is 18.5 Å². The Kier molecular flexibility index (Phi) is 5.80. The molecule has 0 saturated carbocycles. The zero-order valence-electron chi connectivity index (χ0n) is 17.9. The SMILES string of the molecule is COc1cc(C)ccc1-c1nnc(C(O)C2CN(C(=O)OC(C)(C)C)C2)cc1C. The predicted octanol–water partition coefficient (Wildman–Crippen LogP) is 3.67. The molecule has 1 aromatic heterocycles. The molecule has 29 heavy (non-hydrogen) atoms. The summed E-state index contributed by atoms with van der Waals surface area (Å²) < 4.78 is 10.8. The molecule has 2 aromatic rings. The van der Waals surface area contributed by atoms with E-state index in [1.807, 2.05) is 58.9 Å². The van der Waals surface area contributed by atoms with Gasteiger partial charge in [0.2, 0.25) is 0 Å². The van der Waals surface area contributed by atoms with Gasteiger partial charge in [0.15, 0.2) is 0 Å². The normalized spacial score (nSPS) is 15.6. The molecule has 1 fully saturated rings. The predicted molar refractivity (Wildman–Crippen MR) is 110 cm³/mol. The number of aliphatic hydroxyl groups excluding tert-OH is 1. The molecule has 0 bridgehead atoms. The summed E-state index contributed by atoms with van der Waals surface area (Å²) in [6.45, 7) is 10.3. The van der Waals surface area contributed by atoms with Gasteiger partial charge in [-0.25, -0.2) is 4.79 Å². The monoisotopic (exact) mass is 399 g/mol. The Morgan fingerprint density at radius 3 is 2.48 bits per heavy atom. The van der Waals surface area contributed by atoms with Gasteiger partial charge in [0, 0.05) is 24.6 Å². The molecule has 1 unspecified atom stereocenters. The summed E-state index contributed by atoms with van der Waals surface area (Å²) in [5.41, 5.74) is 3.56. The van der Waals surface area contributed by atoms with Gasteiger partial charge >= 0.3 is 6.09 Å². The fourth-order valence-corrected chi connectivity index (χ4v) is 3.34. The van der Waals surface area contributed by atoms with E-state index < -0.39 is 11.7 Å². The highest BCUT2D eigenvalue weighted by molar-refractivity contribution is 5.70. The van der Waals surface area contributed by atoms with E-state index in [0.29, 0.717) is 18.8 Å². The molecule has 7 heteroatoms. The highest BCUT2D eigenvalue weighted by Crippen LogP contribution is 2.34. The number of likely N-dealkylation sites (tertiary alicyclic amines) is 1. The summed E-state index contributed by atoms with van der Waals surface area (Å²) in [5.74, 6) is 0.652. The molecule has 1 amide bonds. The number of rotatable bonds is 4. The molecular formula is C22H29N3O4. The number of aryl methyl sites for hydroxylation is 2. The van der Waals surface area contributed by atoms with Crippen molar-refractivity contribution in [3.05, 3.63) is 41.1 Å². The molecule has 0 spiro atoms. The molecule has 1 aromatic carbocycles. The molecule has 1 N–H and O–H groups in total. The second-order valence-electron chi connectivity index (χ2n) is 8.59. The summed E-state index contributed by atoms with van der Waals surface area (Å²) in [4.78, 5) is 13.7. The van der Waals surface area contributed by atoms with E-state index in [-0.39, 0.29) is 12.0 Å². The van der Waals surface area contributed by atoms with Gasteiger partial charge in [-0.05, 0) is 63.9 Å². The summed E-state index contributed by atoms with van der Waals surface area (Å²) in [6.07, 6.45) is -1.14. The number of nitrogens with zero attached hydrogens (tertiary/aromatic N) is 3. The Balaban J connectivity index is 1.71. The number of amides is 1. The second-order valence-corrected chi connectivity index (χ2v) is 8.59. The van der Waals surface area contributed by atoms with Gasteiger partial charge in [0.25, 0.3) is 0 Å². The first-order valence-corrected chi connectivity index (χ1v) is 9.74. The van der Waals surface area contributed by atoms with Crippen LogP contribution in [0.15, 0.2) is 24.3 Å². The lowest BCUT2D eigenvalue weighted by molar-refractivity contribution is -0.0326. The van der Waals surface area contributed by atoms with Crippen molar-refractivity contribution in [2.24, 2.45) is 5.92 Å². The third-order valence-corrected chi connectivity index (χ3v) is 4.93. The van der Waals surface area contributed by atoms with Crippen molar-refractivity contribution in [2.45, 2.75) is 46.3 Å². The number of hydrogen-bond donors (Lipinski definition) is 1. The summed E-state index contributed by atoms with van der Waals surface area (Å²) in [7, 11) is 1.63. The molecule has 2 heterocycles. The van der Waals surface area contributed by atoms with Crippen molar-refractivity contribution in [1.29, 1.82) is 0 Å². The van der Waals surface area contributed by atoms with E-state index in [0.717, 1.165) is 28.1 Å². The molecule has 1 saturated heterocycles. The lowest BCUT2D eigenvalue weighted by Gasteiger charge is -2.41. The summed E-state index contributed by atoms with van der Waals surface area (Å²) in [6, 6.07) is 7.77. The molecule has 0 radical (unpaired) electrons. The maximum Gasteiger partial charge on any atom is 0.410 e. The van der Waals surface area contributed by atoms with Crippen molar-refractivity contribution in [2.75, 3.05) is 20.2 Å². The number of aromatic nitrogens is 2. The Morgan fingerprint density at radius 1 is 1.21 bits per heavy atom. The Morgan fingerprint density at radius 2 is 1.90 bits per heavy atom. The minimum absolute atomic E-state index is 0.0871. The van der Waals surface area contributed by atoms with Crippen molar-refractivity contribution in [3.8, 4) is 17.0 Å². The van der Waals surface area contributed by atoms with Crippen molar-refractivity contribution in [1.82, 2.24) is 15.1 Å². The quantitative estimate of drug-likeness (QED) is 0.844. The van der Waals surface area contributed by atoms with Crippen LogP contribution in [0.5, 0.6) is 5.75 Å². The number of benzene rings is 1. The Hall–Kier alpha value is -2.67. The molecule has 7 nitrogen and oxygen atoms in total. The van der Waals surface area contributed by atoms with Crippen molar-refractivity contribution >= 4 is 6.09 Å². The maximum absolute atomic E-state index is 12.1. The lowest BCUT2D eigenvalue weighted by atomic mass is 9.91. The van der Waals surface area contributed by atoms with E-state index in [9.17, 15) is 9.90 Å². The van der Waals surface area contributed by atoms with Gasteiger partial charge in [-0.2, -0.15) is 5.10 Å². The first-order chi connectivity index (χ1) is 13.6. The van der Waals surface area contributed by atoms with Gasteiger partial charge in [0.1, 0.15) is 17.5 Å². The van der Waals surface area contributed by atoms with E-state index in [4.69, 9.17) is 9.47 Å². The van der Waals surface area contributed by atoms with Crippen LogP contribution >= 0.6 is 0 Å². The molecule has 1 aliphatic heterocycles. The average molecular weight is 399 g/mol. The number of ether oxygens (including phenoxy) is 2. The maximum atomic E-state index is 12.1. The van der Waals surface area contributed by atoms with Crippen molar-refractivity contribution in [3.63, 3.8) is 0 Å². The van der Waals surface area contributed by atoms with Crippen LogP contribution in [0.3, 0.4) is 0 Å². The van der Waals surface area contributed by atoms with Crippen LogP contribution in [0.4, 0.5) is 4.79 Å². The summed E-state index contributed by atoms with van der Waals surface area (Å²) >= 11 is 0. The van der Waals surface area contributed by atoms with Crippen LogP contribution in [0, 0.1) is 19.8 Å². The number of carbonyl (C=O) groups excluding carboxylic acids is 1. The van der Waals surface area contributed by atoms with Crippen molar-refractivity contribution < 1.29 is 19.4 Å². The average Bonchev–Trinajstić information content (AvgIpc) is 2.59. The van der Waals surface area contributed by atoms with Crippen LogP contribution in [-0.2, 0) is 4.74 Å². The number of carbonyl (C=O) groups is 1. The third kappa shape index (κ3) is 4.67. The van der Waals surface area contributed by atoms with E-state index in [1.165, 1.54) is 0 Å². The van der Waals surface area contributed by atoms with Crippen LogP contribution in [0.1, 0.15) is 43.7 Å². The highest BCUT2D eigenvalue weighted by Gasteiger charge is 2.39. The fraction of sp³-hybridized carbons (Fsp3) is 0.500. The minimum atomic E-state index is -0.783. The largest absolute Gasteiger partial charge is 0.496 e. The zero-order chi connectivity index (χ0) is 21.3. The van der Waals surface area contributed by atoms with E-state index in [1.54, 1.807) is 12.0 Å². The second kappa shape index (κ2) is 7.99. The molecule has 156 valence electrons. The molecule has 1 aliphatic rings. The molecule has 3 rings (SSSR count). The first-order valence-electron chi connectivity index (χ1n) is 9.74. The van der Waals surface area contributed by atoms with Gasteiger partial charge in [-0.15, -0.1) is 5.10 Å². The first kappa shape index (κ1) is 21.0. The van der Waals surface area contributed by atoms with Gasteiger partial charge in [-0.3, -0.25) is 0 Å². The smallest absolute Gasteiger partial charge is 0.410 e. The molecular weight excluding hydrogens is 370 g/mol. The standard InChI is InChI=1S/C22H29N3O4/c1-13-7-8-16(18(9-13)28-6)19-14(2)10-17(23-24-19)20(26)15-11-25(12-15)21(27)29-22(3,4)5/h7-10,15,20,26H,11-12H2,1-6H3. The third-order valence-electron chi connectivity index (χ3n) is 4.93. The van der Waals surface area contributed by atoms with Gasteiger partial charge < -0.3 is 19.5 Å². The van der Waals surface area contributed by atoms with Crippen LogP contribution in [-0.4, -0.2) is 52.1 Å². The van der Waals surface area contributed by atoms with Gasteiger partial charge in [-0.1, -0.05) is 6.07 Å². The van der Waals surface area contributed by atoms with E-state index >= 15 is 0 Å². The summed E-state index contributed by atoms with van der Waals surface area (Å²) in [5, 5.41) is 19.3. The number of aliphatic hydroxyl groups is 1. The van der Waals surface area contributed by atoms with E-state index in [2.05, 4.69) is 10.2 Å². The van der Waals surface area contributed by atoms with Crippen LogP contribution in [0.2, 0.25) is 0 Å². The van der Waals surface area contributed by atoms with Crippen LogP contribution < -0.4 is 4.74 Å². The molecule has 1 atom stereocenters. The topological polar surface area (TPSA) is 84.8 Å². The Bertz CT molecular complexity index is 901. The zero-order valence-corrected chi connectivity index (χ0v) is 17.9. The highest BCUT2D eigenvalue weighted by atomic mass is 16.6.